The van der Waals surface area contributed by atoms with Crippen LogP contribution in [-0.4, -0.2) is 33.3 Å². The number of anilines is 1. The maximum atomic E-state index is 12.8. The Hall–Kier alpha value is -3.13. The van der Waals surface area contributed by atoms with Crippen LogP contribution in [0.1, 0.15) is 29.8 Å². The second kappa shape index (κ2) is 9.78. The largest absolute Gasteiger partial charge is 0.497 e. The molecule has 0 unspecified atom stereocenters. The second-order valence-electron chi connectivity index (χ2n) is 7.30. The van der Waals surface area contributed by atoms with Gasteiger partial charge in [-0.15, -0.1) is 0 Å². The number of nitrogens with one attached hydrogen (secondary N) is 1. The number of carbonyl (C=O) groups excluding carboxylic acids is 1. The van der Waals surface area contributed by atoms with E-state index in [2.05, 4.69) is 15.3 Å². The van der Waals surface area contributed by atoms with Gasteiger partial charge in [0.2, 0.25) is 5.91 Å². The summed E-state index contributed by atoms with van der Waals surface area (Å²) in [6.07, 6.45) is 5.54. The van der Waals surface area contributed by atoms with E-state index in [1.165, 1.54) is 11.8 Å². The fraction of sp³-hybridized carbons (Fsp3) is 0.304. The summed E-state index contributed by atoms with van der Waals surface area (Å²) in [4.78, 5) is 33.9. The average Bonchev–Trinajstić information content (AvgIpc) is 2.81. The molecule has 2 heterocycles. The number of ether oxygens (including phenoxy) is 1. The Morgan fingerprint density at radius 1 is 1.16 bits per heavy atom. The lowest BCUT2D eigenvalue weighted by Crippen LogP contribution is -2.31. The predicted octanol–water partition coefficient (Wildman–Crippen LogP) is 3.30. The highest BCUT2D eigenvalue weighted by Crippen LogP contribution is 2.29. The number of methoxy groups -OCH3 is 1. The van der Waals surface area contributed by atoms with E-state index >= 15 is 0 Å². The Bertz CT molecular complexity index is 1110. The van der Waals surface area contributed by atoms with Gasteiger partial charge in [0.1, 0.15) is 10.8 Å². The Labute approximate surface area is 184 Å². The molecule has 0 bridgehead atoms. The molecule has 0 atom stereocenters. The Morgan fingerprint density at radius 2 is 1.97 bits per heavy atom. The number of aromatic nitrogens is 3. The van der Waals surface area contributed by atoms with E-state index in [9.17, 15) is 9.59 Å². The van der Waals surface area contributed by atoms with Crippen molar-refractivity contribution < 1.29 is 9.53 Å². The van der Waals surface area contributed by atoms with Crippen LogP contribution >= 0.6 is 11.8 Å². The maximum Gasteiger partial charge on any atom is 0.349 e. The van der Waals surface area contributed by atoms with Crippen molar-refractivity contribution in [1.82, 2.24) is 14.5 Å². The average molecular weight is 437 g/mol. The summed E-state index contributed by atoms with van der Waals surface area (Å²) in [5, 5.41) is 3.54. The summed E-state index contributed by atoms with van der Waals surface area (Å²) in [6.45, 7) is 0.415. The van der Waals surface area contributed by atoms with Crippen molar-refractivity contribution >= 4 is 23.4 Å². The van der Waals surface area contributed by atoms with Gasteiger partial charge in [-0.1, -0.05) is 17.8 Å². The maximum absolute atomic E-state index is 12.8. The fourth-order valence-electron chi connectivity index (χ4n) is 3.69. The molecule has 4 rings (SSSR count). The number of carbonyl (C=O) groups is 1. The molecular formula is C23H24N4O3S. The first-order chi connectivity index (χ1) is 15.1. The molecule has 0 spiro atoms. The molecule has 0 saturated heterocycles. The standard InChI is InChI=1S/C23H24N4O3S/c1-30-18-11-9-16(10-12-18)25-21(28)15-31-22-19-7-2-3-8-20(19)27(23(29)26-22)14-17-6-4-5-13-24-17/h4-6,9-13H,2-3,7-8,14-15H2,1H3,(H,25,28). The van der Waals surface area contributed by atoms with Crippen molar-refractivity contribution in [2.75, 3.05) is 18.2 Å². The molecule has 1 amide bonds. The van der Waals surface area contributed by atoms with E-state index in [4.69, 9.17) is 4.74 Å². The lowest BCUT2D eigenvalue weighted by Gasteiger charge is -2.22. The van der Waals surface area contributed by atoms with Crippen LogP contribution in [-0.2, 0) is 24.2 Å². The van der Waals surface area contributed by atoms with Crippen LogP contribution in [0.5, 0.6) is 5.75 Å². The molecule has 160 valence electrons. The first kappa shape index (κ1) is 21.1. The van der Waals surface area contributed by atoms with Gasteiger partial charge >= 0.3 is 5.69 Å². The molecule has 0 saturated carbocycles. The minimum absolute atomic E-state index is 0.140. The highest BCUT2D eigenvalue weighted by Gasteiger charge is 2.21. The van der Waals surface area contributed by atoms with Gasteiger partial charge < -0.3 is 10.1 Å². The van der Waals surface area contributed by atoms with E-state index in [-0.39, 0.29) is 17.3 Å². The summed E-state index contributed by atoms with van der Waals surface area (Å²) in [6, 6.07) is 12.9. The SMILES string of the molecule is COc1ccc(NC(=O)CSc2nc(=O)n(Cc3ccccn3)c3c2CCCC3)cc1. The second-order valence-corrected chi connectivity index (χ2v) is 8.27. The lowest BCUT2D eigenvalue weighted by molar-refractivity contribution is -0.113. The molecule has 7 nitrogen and oxygen atoms in total. The summed E-state index contributed by atoms with van der Waals surface area (Å²) < 4.78 is 6.86. The van der Waals surface area contributed by atoms with Gasteiger partial charge in [-0.3, -0.25) is 14.3 Å². The monoisotopic (exact) mass is 436 g/mol. The number of rotatable bonds is 7. The normalized spacial score (nSPS) is 12.8. The zero-order chi connectivity index (χ0) is 21.6. The summed E-state index contributed by atoms with van der Waals surface area (Å²) in [5.74, 6) is 0.781. The van der Waals surface area contributed by atoms with Gasteiger partial charge in [-0.05, 0) is 62.1 Å². The van der Waals surface area contributed by atoms with Crippen molar-refractivity contribution in [2.45, 2.75) is 37.3 Å². The van der Waals surface area contributed by atoms with Crippen molar-refractivity contribution in [3.8, 4) is 5.75 Å². The number of fused-ring (bicyclic) bond motifs is 1. The third-order valence-corrected chi connectivity index (χ3v) is 6.23. The summed E-state index contributed by atoms with van der Waals surface area (Å²) >= 11 is 1.32. The quantitative estimate of drug-likeness (QED) is 0.452. The molecule has 1 aliphatic carbocycles. The number of hydrogen-bond donors (Lipinski definition) is 1. The molecule has 0 fully saturated rings. The fourth-order valence-corrected chi connectivity index (χ4v) is 4.57. The first-order valence-electron chi connectivity index (χ1n) is 10.2. The van der Waals surface area contributed by atoms with Crippen LogP contribution in [0, 0.1) is 0 Å². The predicted molar refractivity (Wildman–Crippen MR) is 121 cm³/mol. The van der Waals surface area contributed by atoms with Crippen LogP contribution < -0.4 is 15.7 Å². The smallest absolute Gasteiger partial charge is 0.349 e. The molecule has 31 heavy (non-hydrogen) atoms. The molecule has 1 N–H and O–H groups in total. The van der Waals surface area contributed by atoms with Crippen molar-refractivity contribution in [2.24, 2.45) is 0 Å². The minimum Gasteiger partial charge on any atom is -0.497 e. The van der Waals surface area contributed by atoms with Crippen LogP contribution in [0.3, 0.4) is 0 Å². The van der Waals surface area contributed by atoms with Gasteiger partial charge in [0.25, 0.3) is 0 Å². The van der Waals surface area contributed by atoms with E-state index < -0.39 is 0 Å². The molecule has 1 aromatic carbocycles. The van der Waals surface area contributed by atoms with Gasteiger partial charge in [0, 0.05) is 23.1 Å². The van der Waals surface area contributed by atoms with E-state index in [0.717, 1.165) is 48.4 Å². The highest BCUT2D eigenvalue weighted by molar-refractivity contribution is 8.00. The number of amides is 1. The third-order valence-electron chi connectivity index (χ3n) is 5.21. The Morgan fingerprint density at radius 3 is 2.71 bits per heavy atom. The molecule has 0 radical (unpaired) electrons. The van der Waals surface area contributed by atoms with Crippen molar-refractivity contribution in [1.29, 1.82) is 0 Å². The van der Waals surface area contributed by atoms with Crippen LogP contribution in [0.4, 0.5) is 5.69 Å². The van der Waals surface area contributed by atoms with Gasteiger partial charge in [-0.2, -0.15) is 4.98 Å². The number of benzene rings is 1. The molecular weight excluding hydrogens is 412 g/mol. The minimum atomic E-state index is -0.288. The van der Waals surface area contributed by atoms with Crippen molar-refractivity contribution in [3.05, 3.63) is 76.1 Å². The van der Waals surface area contributed by atoms with Gasteiger partial charge in [-0.25, -0.2) is 4.79 Å². The Kier molecular flexibility index (Phi) is 6.66. The zero-order valence-corrected chi connectivity index (χ0v) is 18.2. The van der Waals surface area contributed by atoms with E-state index in [1.807, 2.05) is 18.2 Å². The van der Waals surface area contributed by atoms with Gasteiger partial charge in [0.05, 0.1) is 25.1 Å². The number of pyridine rings is 1. The topological polar surface area (TPSA) is 86.1 Å². The molecule has 1 aliphatic rings. The first-order valence-corrected chi connectivity index (χ1v) is 11.2. The van der Waals surface area contributed by atoms with E-state index in [1.54, 1.807) is 42.1 Å². The van der Waals surface area contributed by atoms with Gasteiger partial charge in [0.15, 0.2) is 0 Å². The molecule has 2 aromatic heterocycles. The molecule has 8 heteroatoms. The number of hydrogen-bond acceptors (Lipinski definition) is 6. The lowest BCUT2D eigenvalue weighted by atomic mass is 9.97. The number of thioether (sulfide) groups is 1. The highest BCUT2D eigenvalue weighted by atomic mass is 32.2. The van der Waals surface area contributed by atoms with Crippen LogP contribution in [0.15, 0.2) is 58.5 Å². The van der Waals surface area contributed by atoms with E-state index in [0.29, 0.717) is 17.3 Å². The van der Waals surface area contributed by atoms with Crippen molar-refractivity contribution in [3.63, 3.8) is 0 Å². The Balaban J connectivity index is 1.50. The van der Waals surface area contributed by atoms with Crippen LogP contribution in [0.2, 0.25) is 0 Å². The summed E-state index contributed by atoms with van der Waals surface area (Å²) in [5.41, 5.74) is 3.36. The van der Waals surface area contributed by atoms with Crippen LogP contribution in [0.25, 0.3) is 0 Å². The zero-order valence-electron chi connectivity index (χ0n) is 17.3. The summed E-state index contributed by atoms with van der Waals surface area (Å²) in [7, 11) is 1.60. The number of nitrogens with zero attached hydrogens (tertiary/aromatic N) is 3. The molecule has 3 aromatic rings. The molecule has 0 aliphatic heterocycles. The third kappa shape index (κ3) is 5.14.